The summed E-state index contributed by atoms with van der Waals surface area (Å²) in [5.74, 6) is 0. The van der Waals surface area contributed by atoms with Crippen molar-refractivity contribution in [2.45, 2.75) is 33.4 Å². The van der Waals surface area contributed by atoms with E-state index in [-0.39, 0.29) is 0 Å². The first-order valence-electron chi connectivity index (χ1n) is 6.51. The normalized spacial score (nSPS) is 13.3. The molecule has 6 heteroatoms. The molecule has 0 amide bonds. The van der Waals surface area contributed by atoms with Crippen LogP contribution in [0.2, 0.25) is 0 Å². The van der Waals surface area contributed by atoms with Crippen molar-refractivity contribution in [3.63, 3.8) is 0 Å². The van der Waals surface area contributed by atoms with Crippen LogP contribution in [-0.4, -0.2) is 59.8 Å². The Morgan fingerprint density at radius 3 is 2.56 bits per heavy atom. The van der Waals surface area contributed by atoms with Crippen LogP contribution >= 0.6 is 11.3 Å². The molecule has 1 atom stereocenters. The molecule has 1 aromatic heterocycles. The third-order valence-corrected chi connectivity index (χ3v) is 3.66. The van der Waals surface area contributed by atoms with Gasteiger partial charge in [-0.3, -0.25) is 4.90 Å². The zero-order valence-electron chi connectivity index (χ0n) is 12.1. The summed E-state index contributed by atoms with van der Waals surface area (Å²) in [4.78, 5) is 4.65. The number of aromatic nitrogens is 2. The van der Waals surface area contributed by atoms with Crippen molar-refractivity contribution in [1.29, 1.82) is 0 Å². The molecule has 0 saturated carbocycles. The van der Waals surface area contributed by atoms with Gasteiger partial charge in [0, 0.05) is 19.1 Å². The van der Waals surface area contributed by atoms with Crippen molar-refractivity contribution in [3.05, 3.63) is 5.01 Å². The minimum Gasteiger partial charge on any atom is -0.360 e. The summed E-state index contributed by atoms with van der Waals surface area (Å²) >= 11 is 1.65. The number of anilines is 1. The van der Waals surface area contributed by atoms with E-state index in [9.17, 15) is 0 Å². The highest BCUT2D eigenvalue weighted by molar-refractivity contribution is 7.15. The minimum absolute atomic E-state index is 0.525. The first kappa shape index (κ1) is 15.3. The van der Waals surface area contributed by atoms with E-state index in [1.807, 2.05) is 0 Å². The third kappa shape index (κ3) is 4.88. The van der Waals surface area contributed by atoms with Gasteiger partial charge in [-0.15, -0.1) is 10.2 Å². The Bertz CT molecular complexity index is 339. The highest BCUT2D eigenvalue weighted by atomic mass is 32.1. The van der Waals surface area contributed by atoms with E-state index in [1.54, 1.807) is 11.3 Å². The van der Waals surface area contributed by atoms with E-state index >= 15 is 0 Å². The van der Waals surface area contributed by atoms with E-state index in [0.717, 1.165) is 36.3 Å². The molecule has 0 aliphatic heterocycles. The Labute approximate surface area is 114 Å². The standard InChI is InChI=1S/C12H25N5S/c1-6-13-12-15-14-11(18-12)9-17(7-2)10(3)8-16(4)5/h10H,6-9H2,1-5H3,(H,13,15). The van der Waals surface area contributed by atoms with Gasteiger partial charge in [0.05, 0.1) is 6.54 Å². The van der Waals surface area contributed by atoms with Crippen LogP contribution in [-0.2, 0) is 6.54 Å². The highest BCUT2D eigenvalue weighted by Crippen LogP contribution is 2.17. The van der Waals surface area contributed by atoms with Crippen LogP contribution in [0.25, 0.3) is 0 Å². The molecule has 1 aromatic rings. The number of likely N-dealkylation sites (N-methyl/N-ethyl adjacent to an activating group) is 2. The van der Waals surface area contributed by atoms with Crippen LogP contribution in [0.4, 0.5) is 5.13 Å². The zero-order valence-corrected chi connectivity index (χ0v) is 12.9. The summed E-state index contributed by atoms with van der Waals surface area (Å²) < 4.78 is 0. The van der Waals surface area contributed by atoms with Gasteiger partial charge in [-0.1, -0.05) is 18.3 Å². The lowest BCUT2D eigenvalue weighted by Crippen LogP contribution is -2.39. The van der Waals surface area contributed by atoms with Crippen molar-refractivity contribution in [3.8, 4) is 0 Å². The lowest BCUT2D eigenvalue weighted by molar-refractivity contribution is 0.174. The number of nitrogens with zero attached hydrogens (tertiary/aromatic N) is 4. The van der Waals surface area contributed by atoms with Gasteiger partial charge in [0.15, 0.2) is 0 Å². The lowest BCUT2D eigenvalue weighted by Gasteiger charge is -2.28. The second-order valence-corrected chi connectivity index (χ2v) is 5.77. The Kier molecular flexibility index (Phi) is 6.52. The molecule has 0 spiro atoms. The Hall–Kier alpha value is -0.720. The van der Waals surface area contributed by atoms with E-state index < -0.39 is 0 Å². The van der Waals surface area contributed by atoms with Crippen LogP contribution in [0.5, 0.6) is 0 Å². The average Bonchev–Trinajstić information content (AvgIpc) is 2.73. The minimum atomic E-state index is 0.525. The largest absolute Gasteiger partial charge is 0.360 e. The molecule has 5 nitrogen and oxygen atoms in total. The van der Waals surface area contributed by atoms with Crippen molar-refractivity contribution < 1.29 is 0 Å². The van der Waals surface area contributed by atoms with Crippen molar-refractivity contribution in [1.82, 2.24) is 20.0 Å². The first-order valence-corrected chi connectivity index (χ1v) is 7.33. The molecular weight excluding hydrogens is 246 g/mol. The van der Waals surface area contributed by atoms with Crippen molar-refractivity contribution in [2.24, 2.45) is 0 Å². The molecule has 0 fully saturated rings. The van der Waals surface area contributed by atoms with Gasteiger partial charge in [0.25, 0.3) is 0 Å². The smallest absolute Gasteiger partial charge is 0.205 e. The number of hydrogen-bond acceptors (Lipinski definition) is 6. The first-order chi connectivity index (χ1) is 8.56. The molecule has 104 valence electrons. The SMILES string of the molecule is CCNc1nnc(CN(CC)C(C)CN(C)C)s1. The van der Waals surface area contributed by atoms with Gasteiger partial charge in [0.1, 0.15) is 5.01 Å². The van der Waals surface area contributed by atoms with Gasteiger partial charge in [-0.2, -0.15) is 0 Å². The van der Waals surface area contributed by atoms with Crippen LogP contribution in [0.3, 0.4) is 0 Å². The summed E-state index contributed by atoms with van der Waals surface area (Å²) in [6, 6.07) is 0.525. The van der Waals surface area contributed by atoms with Crippen molar-refractivity contribution in [2.75, 3.05) is 39.0 Å². The highest BCUT2D eigenvalue weighted by Gasteiger charge is 2.15. The summed E-state index contributed by atoms with van der Waals surface area (Å²) in [5, 5.41) is 13.6. The zero-order chi connectivity index (χ0) is 13.5. The molecular formula is C12H25N5S. The van der Waals surface area contributed by atoms with Gasteiger partial charge in [-0.05, 0) is 34.5 Å². The van der Waals surface area contributed by atoms with E-state index in [0.29, 0.717) is 6.04 Å². The maximum atomic E-state index is 4.23. The van der Waals surface area contributed by atoms with E-state index in [4.69, 9.17) is 0 Å². The fourth-order valence-corrected chi connectivity index (χ4v) is 2.77. The van der Waals surface area contributed by atoms with Crippen LogP contribution in [0, 0.1) is 0 Å². The van der Waals surface area contributed by atoms with E-state index in [2.05, 4.69) is 60.2 Å². The molecule has 0 aliphatic carbocycles. The molecule has 1 N–H and O–H groups in total. The molecule has 0 bridgehead atoms. The Balaban J connectivity index is 2.55. The molecule has 1 unspecified atom stereocenters. The Morgan fingerprint density at radius 2 is 2.00 bits per heavy atom. The fourth-order valence-electron chi connectivity index (χ4n) is 1.94. The van der Waals surface area contributed by atoms with Gasteiger partial charge in [0.2, 0.25) is 5.13 Å². The second kappa shape index (κ2) is 7.66. The summed E-state index contributed by atoms with van der Waals surface area (Å²) in [6.07, 6.45) is 0. The van der Waals surface area contributed by atoms with Crippen LogP contribution in [0.1, 0.15) is 25.8 Å². The number of nitrogens with one attached hydrogen (secondary N) is 1. The fraction of sp³-hybridized carbons (Fsp3) is 0.833. The third-order valence-electron chi connectivity index (χ3n) is 2.79. The maximum absolute atomic E-state index is 4.23. The van der Waals surface area contributed by atoms with Gasteiger partial charge in [-0.25, -0.2) is 0 Å². The number of hydrogen-bond donors (Lipinski definition) is 1. The molecule has 0 radical (unpaired) electrons. The summed E-state index contributed by atoms with van der Waals surface area (Å²) in [7, 11) is 4.22. The lowest BCUT2D eigenvalue weighted by atomic mass is 10.2. The van der Waals surface area contributed by atoms with E-state index in [1.165, 1.54) is 0 Å². The topological polar surface area (TPSA) is 44.3 Å². The van der Waals surface area contributed by atoms with Crippen molar-refractivity contribution >= 4 is 16.5 Å². The maximum Gasteiger partial charge on any atom is 0.205 e. The monoisotopic (exact) mass is 271 g/mol. The predicted molar refractivity (Wildman–Crippen MR) is 78.2 cm³/mol. The molecule has 0 aliphatic rings. The summed E-state index contributed by atoms with van der Waals surface area (Å²) in [6.45, 7) is 10.4. The summed E-state index contributed by atoms with van der Waals surface area (Å²) in [5.41, 5.74) is 0. The number of rotatable bonds is 8. The quantitative estimate of drug-likeness (QED) is 0.780. The molecule has 18 heavy (non-hydrogen) atoms. The Morgan fingerprint density at radius 1 is 1.28 bits per heavy atom. The van der Waals surface area contributed by atoms with Crippen LogP contribution in [0.15, 0.2) is 0 Å². The molecule has 1 rings (SSSR count). The van der Waals surface area contributed by atoms with Gasteiger partial charge < -0.3 is 10.2 Å². The molecule has 1 heterocycles. The molecule has 0 saturated heterocycles. The van der Waals surface area contributed by atoms with Gasteiger partial charge >= 0.3 is 0 Å². The predicted octanol–water partition coefficient (Wildman–Crippen LogP) is 1.74. The van der Waals surface area contributed by atoms with Crippen LogP contribution < -0.4 is 5.32 Å². The average molecular weight is 271 g/mol. The second-order valence-electron chi connectivity index (χ2n) is 4.71. The molecule has 0 aromatic carbocycles.